The van der Waals surface area contributed by atoms with E-state index in [4.69, 9.17) is 9.84 Å². The van der Waals surface area contributed by atoms with Gasteiger partial charge in [0, 0.05) is 16.8 Å². The average Bonchev–Trinajstić information content (AvgIpc) is 2.37. The van der Waals surface area contributed by atoms with Gasteiger partial charge in [-0.25, -0.2) is 4.98 Å². The molecule has 1 unspecified atom stereocenters. The minimum atomic E-state index is -0.794. The normalized spacial score (nSPS) is 12.3. The molecule has 1 N–H and O–H groups in total. The summed E-state index contributed by atoms with van der Waals surface area (Å²) in [6.45, 7) is 1.89. The Hall–Kier alpha value is -1.75. The smallest absolute Gasteiger partial charge is 0.304 e. The van der Waals surface area contributed by atoms with Crippen molar-refractivity contribution in [2.75, 3.05) is 7.11 Å². The summed E-state index contributed by atoms with van der Waals surface area (Å²) in [6.07, 6.45) is 1.86. The summed E-state index contributed by atoms with van der Waals surface area (Å²) in [5, 5.41) is 11.7. The number of pyridine rings is 1. The topological polar surface area (TPSA) is 59.4 Å². The number of fused-ring (bicyclic) bond motifs is 1. The molecule has 0 saturated carbocycles. The first-order chi connectivity index (χ1) is 9.10. The highest BCUT2D eigenvalue weighted by Gasteiger charge is 2.12. The molecule has 0 radical (unpaired) electrons. The van der Waals surface area contributed by atoms with Crippen molar-refractivity contribution in [3.05, 3.63) is 30.5 Å². The Morgan fingerprint density at radius 1 is 1.47 bits per heavy atom. The van der Waals surface area contributed by atoms with Crippen LogP contribution in [0.5, 0.6) is 5.75 Å². The van der Waals surface area contributed by atoms with Gasteiger partial charge in [0.25, 0.3) is 0 Å². The minimum Gasteiger partial charge on any atom is -0.497 e. The van der Waals surface area contributed by atoms with Gasteiger partial charge in [0.2, 0.25) is 0 Å². The Morgan fingerprint density at radius 2 is 2.26 bits per heavy atom. The van der Waals surface area contributed by atoms with E-state index in [-0.39, 0.29) is 11.7 Å². The lowest BCUT2D eigenvalue weighted by atomic mass is 10.2. The van der Waals surface area contributed by atoms with E-state index in [0.29, 0.717) is 0 Å². The molecule has 2 rings (SSSR count). The van der Waals surface area contributed by atoms with Crippen molar-refractivity contribution in [2.45, 2.75) is 23.6 Å². The summed E-state index contributed by atoms with van der Waals surface area (Å²) < 4.78 is 5.22. The van der Waals surface area contributed by atoms with E-state index in [2.05, 4.69) is 4.98 Å². The second-order valence-corrected chi connectivity index (χ2v) is 5.66. The van der Waals surface area contributed by atoms with Gasteiger partial charge in [-0.2, -0.15) is 0 Å². The molecule has 0 aliphatic heterocycles. The summed E-state index contributed by atoms with van der Waals surface area (Å²) in [5.74, 6) is -0.0222. The predicted octanol–water partition coefficient (Wildman–Crippen LogP) is 3.20. The SMILES string of the molecule is COc1ccc2ccnc(SC(C)CC(=O)O)c2c1. The number of aliphatic carboxylic acids is 1. The number of benzene rings is 1. The Labute approximate surface area is 115 Å². The van der Waals surface area contributed by atoms with Crippen LogP contribution in [0.4, 0.5) is 0 Å². The van der Waals surface area contributed by atoms with Crippen LogP contribution in [-0.4, -0.2) is 28.4 Å². The van der Waals surface area contributed by atoms with Crippen LogP contribution in [0.25, 0.3) is 10.8 Å². The molecule has 0 fully saturated rings. The molecule has 1 atom stereocenters. The predicted molar refractivity (Wildman–Crippen MR) is 75.9 cm³/mol. The van der Waals surface area contributed by atoms with Crippen LogP contribution in [0.3, 0.4) is 0 Å². The number of carbonyl (C=O) groups is 1. The maximum Gasteiger partial charge on any atom is 0.304 e. The number of rotatable bonds is 5. The third kappa shape index (κ3) is 3.38. The van der Waals surface area contributed by atoms with E-state index in [9.17, 15) is 4.79 Å². The molecule has 5 heteroatoms. The van der Waals surface area contributed by atoms with Crippen LogP contribution in [0.2, 0.25) is 0 Å². The first-order valence-corrected chi connectivity index (χ1v) is 6.79. The maximum absolute atomic E-state index is 10.7. The van der Waals surface area contributed by atoms with Crippen LogP contribution in [0.1, 0.15) is 13.3 Å². The standard InChI is InChI=1S/C14H15NO3S/c1-9(7-13(16)17)19-14-12-8-11(18-2)4-3-10(12)5-6-15-14/h3-6,8-9H,7H2,1-2H3,(H,16,17). The van der Waals surface area contributed by atoms with Crippen molar-refractivity contribution in [1.29, 1.82) is 0 Å². The molecule has 0 amide bonds. The van der Waals surface area contributed by atoms with Crippen molar-refractivity contribution in [1.82, 2.24) is 4.98 Å². The summed E-state index contributed by atoms with van der Waals surface area (Å²) in [4.78, 5) is 15.1. The van der Waals surface area contributed by atoms with E-state index in [0.717, 1.165) is 21.5 Å². The zero-order chi connectivity index (χ0) is 13.8. The van der Waals surface area contributed by atoms with Gasteiger partial charge in [-0.3, -0.25) is 4.79 Å². The molecule has 19 heavy (non-hydrogen) atoms. The molecular formula is C14H15NO3S. The molecular weight excluding hydrogens is 262 g/mol. The van der Waals surface area contributed by atoms with Crippen molar-refractivity contribution in [3.8, 4) is 5.75 Å². The number of nitrogens with zero attached hydrogens (tertiary/aromatic N) is 1. The number of carboxylic acid groups (broad SMARTS) is 1. The number of hydrogen-bond donors (Lipinski definition) is 1. The lowest BCUT2D eigenvalue weighted by Gasteiger charge is -2.10. The molecule has 0 aliphatic carbocycles. The molecule has 2 aromatic rings. The quantitative estimate of drug-likeness (QED) is 0.850. The summed E-state index contributed by atoms with van der Waals surface area (Å²) >= 11 is 1.47. The fraction of sp³-hybridized carbons (Fsp3) is 0.286. The lowest BCUT2D eigenvalue weighted by Crippen LogP contribution is -2.05. The number of methoxy groups -OCH3 is 1. The molecule has 1 heterocycles. The van der Waals surface area contributed by atoms with Crippen molar-refractivity contribution >= 4 is 28.5 Å². The van der Waals surface area contributed by atoms with E-state index >= 15 is 0 Å². The largest absolute Gasteiger partial charge is 0.497 e. The third-order valence-electron chi connectivity index (χ3n) is 2.71. The van der Waals surface area contributed by atoms with E-state index in [1.165, 1.54) is 11.8 Å². The van der Waals surface area contributed by atoms with Crippen LogP contribution in [-0.2, 0) is 4.79 Å². The number of carboxylic acids is 1. The zero-order valence-corrected chi connectivity index (χ0v) is 11.6. The van der Waals surface area contributed by atoms with E-state index < -0.39 is 5.97 Å². The third-order valence-corrected chi connectivity index (χ3v) is 3.83. The second kappa shape index (κ2) is 5.93. The molecule has 0 aliphatic rings. The van der Waals surface area contributed by atoms with Gasteiger partial charge in [0.1, 0.15) is 10.8 Å². The van der Waals surface area contributed by atoms with Gasteiger partial charge in [-0.15, -0.1) is 11.8 Å². The lowest BCUT2D eigenvalue weighted by molar-refractivity contribution is -0.136. The van der Waals surface area contributed by atoms with Gasteiger partial charge in [0.05, 0.1) is 13.5 Å². The Balaban J connectivity index is 2.34. The number of ether oxygens (including phenoxy) is 1. The number of thioether (sulfide) groups is 1. The number of hydrogen-bond acceptors (Lipinski definition) is 4. The van der Waals surface area contributed by atoms with Crippen LogP contribution in [0.15, 0.2) is 35.5 Å². The highest BCUT2D eigenvalue weighted by Crippen LogP contribution is 2.32. The van der Waals surface area contributed by atoms with Crippen molar-refractivity contribution in [3.63, 3.8) is 0 Å². The van der Waals surface area contributed by atoms with Crippen molar-refractivity contribution < 1.29 is 14.6 Å². The summed E-state index contributed by atoms with van der Waals surface area (Å²) in [7, 11) is 1.62. The second-order valence-electron chi connectivity index (χ2n) is 4.23. The Kier molecular flexibility index (Phi) is 4.27. The van der Waals surface area contributed by atoms with Gasteiger partial charge in [-0.1, -0.05) is 13.0 Å². The minimum absolute atomic E-state index is 0.0261. The number of aromatic nitrogens is 1. The molecule has 1 aromatic heterocycles. The van der Waals surface area contributed by atoms with Gasteiger partial charge in [-0.05, 0) is 23.6 Å². The van der Waals surface area contributed by atoms with Crippen LogP contribution >= 0.6 is 11.8 Å². The first kappa shape index (κ1) is 13.7. The van der Waals surface area contributed by atoms with Crippen molar-refractivity contribution in [2.24, 2.45) is 0 Å². The summed E-state index contributed by atoms with van der Waals surface area (Å²) in [5.41, 5.74) is 0. The molecule has 0 bridgehead atoms. The van der Waals surface area contributed by atoms with Gasteiger partial charge in [0.15, 0.2) is 0 Å². The highest BCUT2D eigenvalue weighted by atomic mass is 32.2. The Bertz CT molecular complexity index is 600. The van der Waals surface area contributed by atoms with Gasteiger partial charge < -0.3 is 9.84 Å². The highest BCUT2D eigenvalue weighted by molar-refractivity contribution is 8.00. The molecule has 1 aromatic carbocycles. The Morgan fingerprint density at radius 3 is 2.95 bits per heavy atom. The van der Waals surface area contributed by atoms with E-state index in [1.807, 2.05) is 31.2 Å². The fourth-order valence-corrected chi connectivity index (χ4v) is 2.85. The average molecular weight is 277 g/mol. The molecule has 4 nitrogen and oxygen atoms in total. The maximum atomic E-state index is 10.7. The van der Waals surface area contributed by atoms with Gasteiger partial charge >= 0.3 is 5.97 Å². The summed E-state index contributed by atoms with van der Waals surface area (Å²) in [6, 6.07) is 7.73. The molecule has 100 valence electrons. The van der Waals surface area contributed by atoms with Crippen LogP contribution in [0, 0.1) is 0 Å². The molecule has 0 spiro atoms. The zero-order valence-electron chi connectivity index (χ0n) is 10.8. The molecule has 0 saturated heterocycles. The van der Waals surface area contributed by atoms with E-state index in [1.54, 1.807) is 13.3 Å². The monoisotopic (exact) mass is 277 g/mol. The fourth-order valence-electron chi connectivity index (χ4n) is 1.82. The first-order valence-electron chi connectivity index (χ1n) is 5.91. The van der Waals surface area contributed by atoms with Crippen LogP contribution < -0.4 is 4.74 Å².